The summed E-state index contributed by atoms with van der Waals surface area (Å²) in [6.07, 6.45) is 2.51. The normalized spacial score (nSPS) is 21.1. The van der Waals surface area contributed by atoms with Crippen LogP contribution in [0.15, 0.2) is 29.3 Å². The molecule has 182 valence electrons. The molecule has 2 atom stereocenters. The summed E-state index contributed by atoms with van der Waals surface area (Å²) in [7, 11) is 1.71. The third kappa shape index (κ3) is 8.35. The van der Waals surface area contributed by atoms with Gasteiger partial charge in [-0.25, -0.2) is 0 Å². The molecule has 0 radical (unpaired) electrons. The third-order valence-electron chi connectivity index (χ3n) is 6.22. The molecule has 1 aromatic carbocycles. The molecule has 0 aliphatic carbocycles. The van der Waals surface area contributed by atoms with E-state index in [4.69, 9.17) is 14.5 Å². The Kier molecular flexibility index (Phi) is 12.7. The summed E-state index contributed by atoms with van der Waals surface area (Å²) in [6, 6.07) is 8.64. The molecule has 0 spiro atoms. The number of likely N-dealkylation sites (tertiary alicyclic amines) is 1. The smallest absolute Gasteiger partial charge is 0.191 e. The monoisotopic (exact) mass is 559 g/mol. The summed E-state index contributed by atoms with van der Waals surface area (Å²) >= 11 is 0. The van der Waals surface area contributed by atoms with E-state index in [9.17, 15) is 0 Å². The fourth-order valence-electron chi connectivity index (χ4n) is 4.51. The zero-order valence-corrected chi connectivity index (χ0v) is 22.3. The molecule has 32 heavy (non-hydrogen) atoms. The minimum atomic E-state index is 0. The molecule has 8 heteroatoms. The van der Waals surface area contributed by atoms with Crippen LogP contribution in [0.1, 0.15) is 38.3 Å². The van der Waals surface area contributed by atoms with E-state index in [0.29, 0.717) is 12.5 Å². The van der Waals surface area contributed by atoms with Crippen LogP contribution < -0.4 is 15.4 Å². The topological polar surface area (TPSA) is 61.4 Å². The fraction of sp³-hybridized carbons (Fsp3) is 0.708. The number of benzene rings is 1. The molecular weight excluding hydrogens is 517 g/mol. The second-order valence-corrected chi connectivity index (χ2v) is 8.49. The minimum absolute atomic E-state index is 0. The summed E-state index contributed by atoms with van der Waals surface area (Å²) in [5, 5.41) is 7.04. The molecule has 1 aromatic rings. The fourth-order valence-corrected chi connectivity index (χ4v) is 4.51. The van der Waals surface area contributed by atoms with E-state index in [0.717, 1.165) is 51.1 Å². The standard InChI is InChI=1S/C24H41N5O2.HI/c1-4-11-28-12-10-20(19-28)17-26-24(25-5-2)27-18-23(29-13-15-31-16-14-29)21-6-8-22(30-3)9-7-21;/h6-9,20,23H,4-5,10-19H2,1-3H3,(H2,25,26,27);1H. The number of guanidine groups is 1. The summed E-state index contributed by atoms with van der Waals surface area (Å²) in [6.45, 7) is 14.0. The van der Waals surface area contributed by atoms with Crippen molar-refractivity contribution in [3.63, 3.8) is 0 Å². The molecule has 0 aromatic heterocycles. The van der Waals surface area contributed by atoms with Crippen molar-refractivity contribution in [2.24, 2.45) is 10.9 Å². The molecule has 7 nitrogen and oxygen atoms in total. The van der Waals surface area contributed by atoms with Gasteiger partial charge in [0.25, 0.3) is 0 Å². The number of aliphatic imine (C=N–C) groups is 1. The lowest BCUT2D eigenvalue weighted by molar-refractivity contribution is 0.0179. The van der Waals surface area contributed by atoms with Crippen molar-refractivity contribution >= 4 is 29.9 Å². The molecule has 0 amide bonds. The van der Waals surface area contributed by atoms with Crippen molar-refractivity contribution in [1.82, 2.24) is 20.4 Å². The summed E-state index contributed by atoms with van der Waals surface area (Å²) in [4.78, 5) is 10.1. The van der Waals surface area contributed by atoms with Gasteiger partial charge in [-0.1, -0.05) is 19.1 Å². The number of methoxy groups -OCH3 is 1. The quantitative estimate of drug-likeness (QED) is 0.261. The number of morpholine rings is 1. The molecule has 2 saturated heterocycles. The lowest BCUT2D eigenvalue weighted by Crippen LogP contribution is -2.42. The van der Waals surface area contributed by atoms with E-state index in [1.165, 1.54) is 38.0 Å². The Bertz CT molecular complexity index is 667. The SMILES string of the molecule is CCCN1CCC(CNC(=NCC(c2ccc(OC)cc2)N2CCOCC2)NCC)C1.I. The van der Waals surface area contributed by atoms with Crippen molar-refractivity contribution in [1.29, 1.82) is 0 Å². The van der Waals surface area contributed by atoms with E-state index in [2.05, 4.69) is 46.4 Å². The number of rotatable bonds is 10. The van der Waals surface area contributed by atoms with Gasteiger partial charge < -0.3 is 25.0 Å². The maximum absolute atomic E-state index is 5.58. The Morgan fingerprint density at radius 3 is 2.56 bits per heavy atom. The lowest BCUT2D eigenvalue weighted by Gasteiger charge is -2.34. The van der Waals surface area contributed by atoms with Gasteiger partial charge in [0.05, 0.1) is 32.9 Å². The highest BCUT2D eigenvalue weighted by Gasteiger charge is 2.24. The van der Waals surface area contributed by atoms with Crippen LogP contribution in [0.2, 0.25) is 0 Å². The molecule has 2 aliphatic heterocycles. The average Bonchev–Trinajstić information content (AvgIpc) is 3.26. The number of hydrogen-bond acceptors (Lipinski definition) is 5. The summed E-state index contributed by atoms with van der Waals surface area (Å²) in [5.74, 6) is 2.51. The second kappa shape index (κ2) is 14.9. The van der Waals surface area contributed by atoms with Crippen LogP contribution in [0.5, 0.6) is 5.75 Å². The van der Waals surface area contributed by atoms with Crippen LogP contribution in [-0.2, 0) is 4.74 Å². The highest BCUT2D eigenvalue weighted by molar-refractivity contribution is 14.0. The maximum atomic E-state index is 5.58. The number of nitrogens with one attached hydrogen (secondary N) is 2. The van der Waals surface area contributed by atoms with E-state index >= 15 is 0 Å². The van der Waals surface area contributed by atoms with Crippen LogP contribution in [-0.4, -0.2) is 88.4 Å². The number of halogens is 1. The minimum Gasteiger partial charge on any atom is -0.497 e. The molecule has 2 unspecified atom stereocenters. The average molecular weight is 560 g/mol. The van der Waals surface area contributed by atoms with E-state index < -0.39 is 0 Å². The Balaban J connectivity index is 0.00000363. The molecule has 2 heterocycles. The summed E-state index contributed by atoms with van der Waals surface area (Å²) < 4.78 is 10.9. The summed E-state index contributed by atoms with van der Waals surface area (Å²) in [5.41, 5.74) is 1.27. The Hall–Kier alpha value is -1.10. The van der Waals surface area contributed by atoms with Gasteiger partial charge in [-0.2, -0.15) is 0 Å². The number of ether oxygens (including phenoxy) is 2. The molecule has 2 aliphatic rings. The largest absolute Gasteiger partial charge is 0.497 e. The zero-order chi connectivity index (χ0) is 21.9. The number of nitrogens with zero attached hydrogens (tertiary/aromatic N) is 3. The first-order chi connectivity index (χ1) is 15.2. The lowest BCUT2D eigenvalue weighted by atomic mass is 10.0. The number of hydrogen-bond donors (Lipinski definition) is 2. The van der Waals surface area contributed by atoms with Gasteiger partial charge in [0, 0.05) is 32.7 Å². The van der Waals surface area contributed by atoms with Crippen LogP contribution in [0.25, 0.3) is 0 Å². The first-order valence-electron chi connectivity index (χ1n) is 11.9. The van der Waals surface area contributed by atoms with Gasteiger partial charge in [-0.05, 0) is 56.5 Å². The van der Waals surface area contributed by atoms with Gasteiger partial charge >= 0.3 is 0 Å². The van der Waals surface area contributed by atoms with Crippen LogP contribution in [0, 0.1) is 5.92 Å². The van der Waals surface area contributed by atoms with Crippen LogP contribution in [0.3, 0.4) is 0 Å². The van der Waals surface area contributed by atoms with Gasteiger partial charge in [-0.3, -0.25) is 9.89 Å². The first kappa shape index (κ1) is 27.1. The van der Waals surface area contributed by atoms with Crippen LogP contribution in [0.4, 0.5) is 0 Å². The predicted molar refractivity (Wildman–Crippen MR) is 142 cm³/mol. The van der Waals surface area contributed by atoms with Crippen molar-refractivity contribution in [2.45, 2.75) is 32.7 Å². The van der Waals surface area contributed by atoms with Gasteiger partial charge in [0.2, 0.25) is 0 Å². The predicted octanol–water partition coefficient (Wildman–Crippen LogP) is 2.97. The Morgan fingerprint density at radius 2 is 1.91 bits per heavy atom. The Morgan fingerprint density at radius 1 is 1.16 bits per heavy atom. The van der Waals surface area contributed by atoms with E-state index in [-0.39, 0.29) is 30.0 Å². The van der Waals surface area contributed by atoms with Gasteiger partial charge in [0.1, 0.15) is 5.75 Å². The molecule has 0 saturated carbocycles. The van der Waals surface area contributed by atoms with E-state index in [1.54, 1.807) is 7.11 Å². The van der Waals surface area contributed by atoms with Crippen molar-refractivity contribution in [3.05, 3.63) is 29.8 Å². The molecular formula is C24H42IN5O2. The third-order valence-corrected chi connectivity index (χ3v) is 6.22. The van der Waals surface area contributed by atoms with Crippen LogP contribution >= 0.6 is 24.0 Å². The van der Waals surface area contributed by atoms with Gasteiger partial charge in [0.15, 0.2) is 5.96 Å². The maximum Gasteiger partial charge on any atom is 0.191 e. The Labute approximate surface area is 211 Å². The van der Waals surface area contributed by atoms with E-state index in [1.807, 2.05) is 12.1 Å². The van der Waals surface area contributed by atoms with Crippen molar-refractivity contribution < 1.29 is 9.47 Å². The molecule has 2 fully saturated rings. The highest BCUT2D eigenvalue weighted by Crippen LogP contribution is 2.24. The highest BCUT2D eigenvalue weighted by atomic mass is 127. The molecule has 3 rings (SSSR count). The van der Waals surface area contributed by atoms with Crippen molar-refractivity contribution in [3.8, 4) is 5.75 Å². The molecule has 2 N–H and O–H groups in total. The van der Waals surface area contributed by atoms with Gasteiger partial charge in [-0.15, -0.1) is 24.0 Å². The van der Waals surface area contributed by atoms with Crippen molar-refractivity contribution in [2.75, 3.05) is 72.7 Å². The zero-order valence-electron chi connectivity index (χ0n) is 20.0. The second-order valence-electron chi connectivity index (χ2n) is 8.49. The first-order valence-corrected chi connectivity index (χ1v) is 11.9. The molecule has 0 bridgehead atoms.